The van der Waals surface area contributed by atoms with Gasteiger partial charge in [0.15, 0.2) is 0 Å². The molecule has 0 aliphatic carbocycles. The van der Waals surface area contributed by atoms with Gasteiger partial charge in [0.1, 0.15) is 0 Å². The Morgan fingerprint density at radius 1 is 1.00 bits per heavy atom. The van der Waals surface area contributed by atoms with Crippen LogP contribution in [0.1, 0.15) is 19.8 Å². The van der Waals surface area contributed by atoms with Crippen molar-refractivity contribution in [1.82, 2.24) is 0 Å². The van der Waals surface area contributed by atoms with Gasteiger partial charge in [-0.25, -0.2) is 0 Å². The minimum absolute atomic E-state index is 0.680. The molecule has 0 bridgehead atoms. The number of hydrogen-bond acceptors (Lipinski definition) is 2. The van der Waals surface area contributed by atoms with Crippen LogP contribution in [0.2, 0.25) is 0 Å². The van der Waals surface area contributed by atoms with Gasteiger partial charge in [0.25, 0.3) is 0 Å². The Morgan fingerprint density at radius 2 is 1.57 bits per heavy atom. The Labute approximate surface area is 139 Å². The van der Waals surface area contributed by atoms with Crippen LogP contribution >= 0.6 is 27.7 Å². The molecule has 1 heterocycles. The fourth-order valence-corrected chi connectivity index (χ4v) is 4.49. The van der Waals surface area contributed by atoms with Crippen LogP contribution in [0.3, 0.4) is 0 Å². The lowest BCUT2D eigenvalue weighted by Gasteiger charge is -2.35. The number of rotatable bonds is 5. The highest BCUT2D eigenvalue weighted by Gasteiger charge is 2.24. The first kappa shape index (κ1) is 15.0. The molecule has 21 heavy (non-hydrogen) atoms. The molecular weight excluding hydrogens is 342 g/mol. The molecule has 0 amide bonds. The fraction of sp³-hybridized carbons (Fsp3) is 0.333. The lowest BCUT2D eigenvalue weighted by atomic mass is 10.0. The highest BCUT2D eigenvalue weighted by Crippen LogP contribution is 2.48. The maximum atomic E-state index is 3.69. The largest absolute Gasteiger partial charge is 0.339 e. The van der Waals surface area contributed by atoms with Gasteiger partial charge in [-0.3, -0.25) is 0 Å². The van der Waals surface area contributed by atoms with Crippen molar-refractivity contribution in [3.05, 3.63) is 48.5 Å². The minimum Gasteiger partial charge on any atom is -0.339 e. The van der Waals surface area contributed by atoms with Crippen molar-refractivity contribution >= 4 is 39.1 Å². The third-order valence-electron chi connectivity index (χ3n) is 3.89. The zero-order valence-electron chi connectivity index (χ0n) is 12.3. The molecule has 1 aliphatic heterocycles. The van der Waals surface area contributed by atoms with Crippen LogP contribution in [0.25, 0.3) is 0 Å². The van der Waals surface area contributed by atoms with E-state index in [2.05, 4.69) is 76.3 Å². The summed E-state index contributed by atoms with van der Waals surface area (Å²) in [7, 11) is 0. The number of halogens is 1. The smallest absolute Gasteiger partial charge is 0.0552 e. The van der Waals surface area contributed by atoms with E-state index < -0.39 is 0 Å². The summed E-state index contributed by atoms with van der Waals surface area (Å²) in [6.45, 7) is 3.34. The lowest BCUT2D eigenvalue weighted by molar-refractivity contribution is 0.540. The van der Waals surface area contributed by atoms with Crippen molar-refractivity contribution in [2.75, 3.05) is 16.8 Å². The van der Waals surface area contributed by atoms with Crippen molar-refractivity contribution in [1.29, 1.82) is 0 Å². The summed E-state index contributed by atoms with van der Waals surface area (Å²) in [4.78, 5) is 5.23. The topological polar surface area (TPSA) is 3.24 Å². The Morgan fingerprint density at radius 3 is 2.10 bits per heavy atom. The van der Waals surface area contributed by atoms with E-state index in [1.54, 1.807) is 0 Å². The number of alkyl halides is 1. The van der Waals surface area contributed by atoms with E-state index in [1.807, 2.05) is 11.8 Å². The zero-order chi connectivity index (χ0) is 14.7. The lowest BCUT2D eigenvalue weighted by Crippen LogP contribution is -2.28. The van der Waals surface area contributed by atoms with Gasteiger partial charge in [-0.15, -0.1) is 0 Å². The second kappa shape index (κ2) is 6.89. The molecule has 0 saturated heterocycles. The Balaban J connectivity index is 1.98. The average Bonchev–Trinajstić information content (AvgIpc) is 2.53. The van der Waals surface area contributed by atoms with Crippen molar-refractivity contribution in [3.8, 4) is 0 Å². The van der Waals surface area contributed by atoms with E-state index in [0.717, 1.165) is 11.9 Å². The van der Waals surface area contributed by atoms with E-state index in [0.29, 0.717) is 5.92 Å². The molecule has 0 saturated carbocycles. The van der Waals surface area contributed by atoms with Crippen LogP contribution in [0.4, 0.5) is 11.4 Å². The first-order chi connectivity index (χ1) is 10.3. The van der Waals surface area contributed by atoms with E-state index in [9.17, 15) is 0 Å². The minimum atomic E-state index is 0.680. The highest BCUT2D eigenvalue weighted by atomic mass is 79.9. The van der Waals surface area contributed by atoms with Crippen molar-refractivity contribution < 1.29 is 0 Å². The summed E-state index contributed by atoms with van der Waals surface area (Å²) in [6, 6.07) is 17.5. The fourth-order valence-electron chi connectivity index (χ4n) is 2.86. The van der Waals surface area contributed by atoms with Crippen molar-refractivity contribution in [2.45, 2.75) is 29.6 Å². The van der Waals surface area contributed by atoms with Crippen molar-refractivity contribution in [3.63, 3.8) is 0 Å². The first-order valence-corrected chi connectivity index (χ1v) is 9.46. The van der Waals surface area contributed by atoms with Crippen molar-refractivity contribution in [2.24, 2.45) is 5.92 Å². The highest BCUT2D eigenvalue weighted by molar-refractivity contribution is 9.09. The number of benzene rings is 2. The Bertz CT molecular complexity index is 568. The molecule has 2 aromatic carbocycles. The number of anilines is 2. The Hall–Kier alpha value is -0.930. The van der Waals surface area contributed by atoms with Gasteiger partial charge in [-0.05, 0) is 36.6 Å². The number of nitrogens with zero attached hydrogens (tertiary/aromatic N) is 1. The van der Waals surface area contributed by atoms with Crippen LogP contribution < -0.4 is 4.90 Å². The van der Waals surface area contributed by atoms with Gasteiger partial charge >= 0.3 is 0 Å². The van der Waals surface area contributed by atoms with Crippen LogP contribution in [-0.4, -0.2) is 11.9 Å². The van der Waals surface area contributed by atoms with Crippen LogP contribution in [0, 0.1) is 5.92 Å². The number of para-hydroxylation sites is 2. The van der Waals surface area contributed by atoms with Crippen LogP contribution in [-0.2, 0) is 0 Å². The molecule has 3 heteroatoms. The average molecular weight is 362 g/mol. The van der Waals surface area contributed by atoms with E-state index in [1.165, 1.54) is 34.0 Å². The monoisotopic (exact) mass is 361 g/mol. The molecule has 1 atom stereocenters. The van der Waals surface area contributed by atoms with Crippen LogP contribution in [0.5, 0.6) is 0 Å². The third kappa shape index (κ3) is 3.14. The summed E-state index contributed by atoms with van der Waals surface area (Å²) >= 11 is 5.57. The number of hydrogen-bond donors (Lipinski definition) is 0. The molecule has 0 spiro atoms. The summed E-state index contributed by atoms with van der Waals surface area (Å²) < 4.78 is 0. The molecule has 1 unspecified atom stereocenters. The maximum absolute atomic E-state index is 3.69. The predicted octanol–water partition coefficient (Wildman–Crippen LogP) is 6.10. The van der Waals surface area contributed by atoms with Gasteiger partial charge in [0.05, 0.1) is 11.4 Å². The van der Waals surface area contributed by atoms with E-state index in [-0.39, 0.29) is 0 Å². The molecule has 0 aromatic heterocycles. The molecule has 3 rings (SSSR count). The number of fused-ring (bicyclic) bond motifs is 2. The van der Waals surface area contributed by atoms with Gasteiger partial charge in [-0.1, -0.05) is 65.3 Å². The van der Waals surface area contributed by atoms with E-state index in [4.69, 9.17) is 0 Å². The second-order valence-electron chi connectivity index (χ2n) is 5.46. The normalized spacial score (nSPS) is 14.5. The van der Waals surface area contributed by atoms with Gasteiger partial charge in [-0.2, -0.15) is 0 Å². The molecule has 1 aliphatic rings. The van der Waals surface area contributed by atoms with Crippen LogP contribution in [0.15, 0.2) is 58.3 Å². The van der Waals surface area contributed by atoms with E-state index >= 15 is 0 Å². The van der Waals surface area contributed by atoms with Gasteiger partial charge < -0.3 is 4.90 Å². The molecule has 2 aromatic rings. The maximum Gasteiger partial charge on any atom is 0.0552 e. The Kier molecular flexibility index (Phi) is 4.91. The summed E-state index contributed by atoms with van der Waals surface area (Å²) in [5, 5.41) is 1.06. The molecule has 0 fully saturated rings. The summed E-state index contributed by atoms with van der Waals surface area (Å²) in [5.74, 6) is 0.680. The standard InChI is InChI=1S/C18H20BrNS/c1-2-7-14(12-19)13-20-15-8-3-5-10-17(15)21-18-11-6-4-9-16(18)20/h3-6,8-11,14H,2,7,12-13H2,1H3. The summed E-state index contributed by atoms with van der Waals surface area (Å²) in [6.07, 6.45) is 2.50. The third-order valence-corrected chi connectivity index (χ3v) is 5.93. The zero-order valence-corrected chi connectivity index (χ0v) is 14.7. The second-order valence-corrected chi connectivity index (χ2v) is 7.19. The molecular formula is C18H20BrNS. The summed E-state index contributed by atoms with van der Waals surface area (Å²) in [5.41, 5.74) is 2.70. The molecule has 110 valence electrons. The first-order valence-electron chi connectivity index (χ1n) is 7.53. The SMILES string of the molecule is CCCC(CBr)CN1c2ccccc2Sc2ccccc21. The molecule has 1 nitrogen and oxygen atoms in total. The quantitative estimate of drug-likeness (QED) is 0.591. The molecule has 0 N–H and O–H groups in total. The van der Waals surface area contributed by atoms with Gasteiger partial charge in [0, 0.05) is 21.7 Å². The molecule has 0 radical (unpaired) electrons. The predicted molar refractivity (Wildman–Crippen MR) is 96.2 cm³/mol. The van der Waals surface area contributed by atoms with Gasteiger partial charge in [0.2, 0.25) is 0 Å².